The minimum atomic E-state index is -0.775. The fraction of sp³-hybridized carbons (Fsp3) is 0.643. The van der Waals surface area contributed by atoms with Crippen LogP contribution in [-0.4, -0.2) is 32.3 Å². The van der Waals surface area contributed by atoms with Gasteiger partial charge in [0.05, 0.1) is 18.2 Å². The number of rotatable bonds is 3. The summed E-state index contributed by atoms with van der Waals surface area (Å²) < 4.78 is 7.00. The number of hydrogen-bond donors (Lipinski definition) is 2. The SMILES string of the molecule is CC(C)(C)OC(=O)NCc1cn2c(n1)CCC(C(=O)O)C2. The molecule has 0 radical (unpaired) electrons. The van der Waals surface area contributed by atoms with Crippen molar-refractivity contribution >= 4 is 12.1 Å². The van der Waals surface area contributed by atoms with Crippen molar-refractivity contribution in [2.75, 3.05) is 0 Å². The van der Waals surface area contributed by atoms with Gasteiger partial charge in [0, 0.05) is 19.2 Å². The van der Waals surface area contributed by atoms with Crippen molar-refractivity contribution in [3.8, 4) is 0 Å². The van der Waals surface area contributed by atoms with Gasteiger partial charge in [-0.25, -0.2) is 9.78 Å². The number of fused-ring (bicyclic) bond motifs is 1. The molecule has 0 aliphatic carbocycles. The number of carboxylic acid groups (broad SMARTS) is 1. The van der Waals surface area contributed by atoms with E-state index in [1.54, 1.807) is 27.0 Å². The zero-order valence-corrected chi connectivity index (χ0v) is 12.5. The average molecular weight is 295 g/mol. The summed E-state index contributed by atoms with van der Waals surface area (Å²) in [6, 6.07) is 0. The molecule has 1 aromatic heterocycles. The largest absolute Gasteiger partial charge is 0.481 e. The number of nitrogens with one attached hydrogen (secondary N) is 1. The highest BCUT2D eigenvalue weighted by molar-refractivity contribution is 5.70. The average Bonchev–Trinajstić information content (AvgIpc) is 2.75. The van der Waals surface area contributed by atoms with Crippen LogP contribution in [0, 0.1) is 5.92 Å². The lowest BCUT2D eigenvalue weighted by Gasteiger charge is -2.19. The van der Waals surface area contributed by atoms with Crippen molar-refractivity contribution in [3.63, 3.8) is 0 Å². The maximum Gasteiger partial charge on any atom is 0.407 e. The molecule has 1 unspecified atom stereocenters. The number of alkyl carbamates (subject to hydrolysis) is 1. The molecule has 7 heteroatoms. The van der Waals surface area contributed by atoms with E-state index in [0.717, 1.165) is 5.82 Å². The van der Waals surface area contributed by atoms with Crippen molar-refractivity contribution in [3.05, 3.63) is 17.7 Å². The summed E-state index contributed by atoms with van der Waals surface area (Å²) in [7, 11) is 0. The van der Waals surface area contributed by atoms with Crippen molar-refractivity contribution < 1.29 is 19.4 Å². The number of carbonyl (C=O) groups excluding carboxylic acids is 1. The fourth-order valence-electron chi connectivity index (χ4n) is 2.27. The Kier molecular flexibility index (Phi) is 4.20. The maximum absolute atomic E-state index is 11.6. The second-order valence-electron chi connectivity index (χ2n) is 6.23. The van der Waals surface area contributed by atoms with Crippen LogP contribution in [0.15, 0.2) is 6.20 Å². The summed E-state index contributed by atoms with van der Waals surface area (Å²) in [5.74, 6) is -0.269. The zero-order valence-electron chi connectivity index (χ0n) is 12.5. The first kappa shape index (κ1) is 15.3. The van der Waals surface area contributed by atoms with Crippen LogP contribution in [0.5, 0.6) is 0 Å². The van der Waals surface area contributed by atoms with Crippen LogP contribution < -0.4 is 5.32 Å². The van der Waals surface area contributed by atoms with Gasteiger partial charge in [0.1, 0.15) is 11.4 Å². The number of amides is 1. The molecule has 2 rings (SSSR count). The van der Waals surface area contributed by atoms with Crippen LogP contribution in [0.1, 0.15) is 38.7 Å². The smallest absolute Gasteiger partial charge is 0.407 e. The Balaban J connectivity index is 1.92. The van der Waals surface area contributed by atoms with E-state index in [1.165, 1.54) is 0 Å². The number of imidazole rings is 1. The van der Waals surface area contributed by atoms with E-state index in [4.69, 9.17) is 9.84 Å². The summed E-state index contributed by atoms with van der Waals surface area (Å²) in [6.45, 7) is 6.10. The van der Waals surface area contributed by atoms with Crippen molar-refractivity contribution in [2.24, 2.45) is 5.92 Å². The molecule has 116 valence electrons. The number of carboxylic acids is 1. The van der Waals surface area contributed by atoms with Gasteiger partial charge in [0.15, 0.2) is 0 Å². The predicted octanol–water partition coefficient (Wildman–Crippen LogP) is 1.55. The Hall–Kier alpha value is -2.05. The summed E-state index contributed by atoms with van der Waals surface area (Å²) >= 11 is 0. The van der Waals surface area contributed by atoms with Gasteiger partial charge in [-0.05, 0) is 27.2 Å². The molecule has 1 aliphatic heterocycles. The van der Waals surface area contributed by atoms with E-state index in [9.17, 15) is 9.59 Å². The number of hydrogen-bond acceptors (Lipinski definition) is 4. The number of aliphatic carboxylic acids is 1. The Labute approximate surface area is 123 Å². The molecular formula is C14H21N3O4. The van der Waals surface area contributed by atoms with Gasteiger partial charge in [-0.1, -0.05) is 0 Å². The molecule has 1 aliphatic rings. The van der Waals surface area contributed by atoms with Crippen LogP contribution in [0.25, 0.3) is 0 Å². The summed E-state index contributed by atoms with van der Waals surface area (Å²) in [4.78, 5) is 27.0. The molecule has 0 bridgehead atoms. The maximum atomic E-state index is 11.6. The molecule has 0 fully saturated rings. The van der Waals surface area contributed by atoms with E-state index < -0.39 is 17.7 Å². The third-order valence-corrected chi connectivity index (χ3v) is 3.20. The quantitative estimate of drug-likeness (QED) is 0.882. The molecule has 1 aromatic rings. The first-order valence-electron chi connectivity index (χ1n) is 6.99. The molecular weight excluding hydrogens is 274 g/mol. The second-order valence-corrected chi connectivity index (χ2v) is 6.23. The first-order valence-corrected chi connectivity index (χ1v) is 6.99. The van der Waals surface area contributed by atoms with Crippen LogP contribution in [-0.2, 0) is 29.0 Å². The van der Waals surface area contributed by atoms with E-state index in [0.29, 0.717) is 25.1 Å². The van der Waals surface area contributed by atoms with Crippen molar-refractivity contribution in [1.29, 1.82) is 0 Å². The van der Waals surface area contributed by atoms with Gasteiger partial charge in [0.2, 0.25) is 0 Å². The van der Waals surface area contributed by atoms with Gasteiger partial charge in [-0.15, -0.1) is 0 Å². The molecule has 0 aromatic carbocycles. The molecule has 2 N–H and O–H groups in total. The number of aromatic nitrogens is 2. The molecule has 2 heterocycles. The predicted molar refractivity (Wildman–Crippen MR) is 74.7 cm³/mol. The number of aryl methyl sites for hydroxylation is 1. The van der Waals surface area contributed by atoms with Gasteiger partial charge >= 0.3 is 12.1 Å². The Morgan fingerprint density at radius 1 is 1.52 bits per heavy atom. The summed E-state index contributed by atoms with van der Waals surface area (Å²) in [5, 5.41) is 11.7. The fourth-order valence-corrected chi connectivity index (χ4v) is 2.27. The highest BCUT2D eigenvalue weighted by Crippen LogP contribution is 2.20. The Morgan fingerprint density at radius 3 is 2.86 bits per heavy atom. The van der Waals surface area contributed by atoms with Crippen molar-refractivity contribution in [1.82, 2.24) is 14.9 Å². The lowest BCUT2D eigenvalue weighted by Crippen LogP contribution is -2.32. The van der Waals surface area contributed by atoms with Crippen molar-refractivity contribution in [2.45, 2.75) is 52.3 Å². The second kappa shape index (κ2) is 5.75. The number of nitrogens with zero attached hydrogens (tertiary/aromatic N) is 2. The normalized spacial score (nSPS) is 18.0. The molecule has 0 spiro atoms. The van der Waals surface area contributed by atoms with Gasteiger partial charge in [-0.2, -0.15) is 0 Å². The topological polar surface area (TPSA) is 93.5 Å². The standard InChI is InChI=1S/C14H21N3O4/c1-14(2,3)21-13(20)15-6-10-8-17-7-9(12(18)19)4-5-11(17)16-10/h8-9H,4-7H2,1-3H3,(H,15,20)(H,18,19). The molecule has 1 amide bonds. The number of carbonyl (C=O) groups is 2. The Morgan fingerprint density at radius 2 is 2.24 bits per heavy atom. The van der Waals surface area contributed by atoms with Crippen LogP contribution in [0.2, 0.25) is 0 Å². The van der Waals surface area contributed by atoms with Crippen LogP contribution in [0.4, 0.5) is 4.79 Å². The first-order chi connectivity index (χ1) is 9.74. The van der Waals surface area contributed by atoms with Gasteiger partial charge in [0.25, 0.3) is 0 Å². The van der Waals surface area contributed by atoms with E-state index >= 15 is 0 Å². The van der Waals surface area contributed by atoms with E-state index in [2.05, 4.69) is 10.3 Å². The Bertz CT molecular complexity index is 545. The molecule has 1 atom stereocenters. The van der Waals surface area contributed by atoms with E-state index in [1.807, 2.05) is 4.57 Å². The summed E-state index contributed by atoms with van der Waals surface area (Å²) in [5.41, 5.74) is 0.175. The van der Waals surface area contributed by atoms with Gasteiger partial charge in [-0.3, -0.25) is 4.79 Å². The molecule has 0 saturated heterocycles. The number of ether oxygens (including phenoxy) is 1. The minimum Gasteiger partial charge on any atom is -0.481 e. The minimum absolute atomic E-state index is 0.270. The molecule has 7 nitrogen and oxygen atoms in total. The monoisotopic (exact) mass is 295 g/mol. The molecule has 21 heavy (non-hydrogen) atoms. The van der Waals surface area contributed by atoms with Crippen LogP contribution >= 0.6 is 0 Å². The van der Waals surface area contributed by atoms with E-state index in [-0.39, 0.29) is 12.5 Å². The highest BCUT2D eigenvalue weighted by atomic mass is 16.6. The third-order valence-electron chi connectivity index (χ3n) is 3.20. The lowest BCUT2D eigenvalue weighted by atomic mass is 10.00. The molecule has 0 saturated carbocycles. The third kappa shape index (κ3) is 4.21. The van der Waals surface area contributed by atoms with Gasteiger partial charge < -0.3 is 19.7 Å². The zero-order chi connectivity index (χ0) is 15.6. The lowest BCUT2D eigenvalue weighted by molar-refractivity contribution is -0.142. The summed E-state index contributed by atoms with van der Waals surface area (Å²) in [6.07, 6.45) is 2.55. The van der Waals surface area contributed by atoms with Crippen LogP contribution in [0.3, 0.4) is 0 Å². The highest BCUT2D eigenvalue weighted by Gasteiger charge is 2.25.